The van der Waals surface area contributed by atoms with E-state index in [4.69, 9.17) is 4.74 Å². The number of rotatable bonds is 5. The number of carbonyl (C=O) groups is 5. The van der Waals surface area contributed by atoms with Gasteiger partial charge in [-0.3, -0.25) is 29.1 Å². The van der Waals surface area contributed by atoms with Crippen molar-refractivity contribution in [3.05, 3.63) is 35.4 Å². The summed E-state index contributed by atoms with van der Waals surface area (Å²) in [5, 5.41) is 10.8. The number of nitrogens with one attached hydrogen (secondary N) is 1. The smallest absolute Gasteiger partial charge is 0.327 e. The van der Waals surface area contributed by atoms with Crippen molar-refractivity contribution < 1.29 is 33.8 Å². The van der Waals surface area contributed by atoms with Crippen LogP contribution in [-0.4, -0.2) is 68.9 Å². The molecule has 0 radical (unpaired) electrons. The summed E-state index contributed by atoms with van der Waals surface area (Å²) in [6.07, 6.45) is 0.349. The zero-order valence-electron chi connectivity index (χ0n) is 17.6. The third-order valence-corrected chi connectivity index (χ3v) is 4.97. The fraction of sp³-hybridized carbons (Fsp3) is 0.476. The Hall–Kier alpha value is -3.27. The predicted octanol–water partition coefficient (Wildman–Crippen LogP) is 0.963. The number of carboxylic acids is 1. The summed E-state index contributed by atoms with van der Waals surface area (Å²) in [7, 11) is 0. The van der Waals surface area contributed by atoms with Crippen molar-refractivity contribution >= 4 is 29.7 Å². The van der Waals surface area contributed by atoms with Crippen LogP contribution >= 0.6 is 0 Å². The molecule has 2 atom stereocenters. The molecule has 10 heteroatoms. The summed E-state index contributed by atoms with van der Waals surface area (Å²) in [5.41, 5.74) is 2.30. The highest BCUT2D eigenvalue weighted by molar-refractivity contribution is 6.22. The van der Waals surface area contributed by atoms with Crippen LogP contribution in [0.25, 0.3) is 0 Å². The maximum atomic E-state index is 12.8. The number of amides is 3. The van der Waals surface area contributed by atoms with E-state index in [9.17, 15) is 29.1 Å². The van der Waals surface area contributed by atoms with Crippen molar-refractivity contribution in [3.63, 3.8) is 0 Å². The van der Waals surface area contributed by atoms with E-state index in [1.54, 1.807) is 32.9 Å². The van der Waals surface area contributed by atoms with E-state index in [0.717, 1.165) is 5.01 Å². The molecule has 0 aliphatic carbocycles. The van der Waals surface area contributed by atoms with E-state index in [2.05, 4.69) is 5.43 Å². The number of hydrazine groups is 1. The fourth-order valence-corrected chi connectivity index (χ4v) is 3.57. The Morgan fingerprint density at radius 3 is 2.26 bits per heavy atom. The normalized spacial score (nSPS) is 19.8. The Labute approximate surface area is 179 Å². The van der Waals surface area contributed by atoms with Gasteiger partial charge >= 0.3 is 11.9 Å². The lowest BCUT2D eigenvalue weighted by Crippen LogP contribution is -2.57. The molecule has 0 bridgehead atoms. The number of carbonyl (C=O) groups excluding carboxylic acids is 4. The van der Waals surface area contributed by atoms with Crippen LogP contribution in [-0.2, 0) is 19.1 Å². The third kappa shape index (κ3) is 4.74. The molecule has 0 aromatic heterocycles. The van der Waals surface area contributed by atoms with Gasteiger partial charge < -0.3 is 9.84 Å². The molecule has 0 saturated carbocycles. The summed E-state index contributed by atoms with van der Waals surface area (Å²) in [5.74, 6) is -4.13. The predicted molar refractivity (Wildman–Crippen MR) is 107 cm³/mol. The SMILES string of the molecule is CC(C)(C)OC(=O)[C@@H]1CCCN(C(=O)C[C@@H](C(=O)O)N2C(=O)c3ccccc3C2=O)N1. The zero-order chi connectivity index (χ0) is 22.9. The third-order valence-electron chi connectivity index (χ3n) is 4.97. The molecule has 2 aliphatic rings. The Morgan fingerprint density at radius 1 is 1.16 bits per heavy atom. The summed E-state index contributed by atoms with van der Waals surface area (Å²) >= 11 is 0. The van der Waals surface area contributed by atoms with Crippen molar-refractivity contribution in [3.8, 4) is 0 Å². The van der Waals surface area contributed by atoms with Crippen LogP contribution in [0.3, 0.4) is 0 Å². The quantitative estimate of drug-likeness (QED) is 0.520. The van der Waals surface area contributed by atoms with E-state index in [-0.39, 0.29) is 17.7 Å². The standard InChI is InChI=1S/C21H25N3O7/c1-21(2,3)31-20(30)14-9-6-10-23(22-14)16(25)11-15(19(28)29)24-17(26)12-7-4-5-8-13(12)18(24)27/h4-5,7-8,14-15,22H,6,9-11H2,1-3H3,(H,28,29)/t14-,15-/m0/s1. The molecule has 1 saturated heterocycles. The number of hydrogen-bond acceptors (Lipinski definition) is 7. The summed E-state index contributed by atoms with van der Waals surface area (Å²) < 4.78 is 5.34. The Morgan fingerprint density at radius 2 is 1.74 bits per heavy atom. The highest BCUT2D eigenvalue weighted by atomic mass is 16.6. The average Bonchev–Trinajstić information content (AvgIpc) is 2.95. The van der Waals surface area contributed by atoms with Gasteiger partial charge in [0, 0.05) is 6.54 Å². The number of ether oxygens (including phenoxy) is 1. The Balaban J connectivity index is 1.72. The van der Waals surface area contributed by atoms with Gasteiger partial charge in [-0.1, -0.05) is 12.1 Å². The highest BCUT2D eigenvalue weighted by Crippen LogP contribution is 2.26. The number of hydrogen-bond donors (Lipinski definition) is 2. The van der Waals surface area contributed by atoms with Gasteiger partial charge in [-0.2, -0.15) is 0 Å². The van der Waals surface area contributed by atoms with Crippen LogP contribution in [0.5, 0.6) is 0 Å². The number of nitrogens with zero attached hydrogens (tertiary/aromatic N) is 2. The van der Waals surface area contributed by atoms with Gasteiger partial charge in [-0.15, -0.1) is 0 Å². The van der Waals surface area contributed by atoms with E-state index >= 15 is 0 Å². The summed E-state index contributed by atoms with van der Waals surface area (Å²) in [6.45, 7) is 5.45. The van der Waals surface area contributed by atoms with Crippen molar-refractivity contribution in [1.82, 2.24) is 15.3 Å². The molecule has 1 fully saturated rings. The largest absolute Gasteiger partial charge is 0.480 e. The van der Waals surface area contributed by atoms with Gasteiger partial charge in [0.15, 0.2) is 0 Å². The van der Waals surface area contributed by atoms with E-state index in [0.29, 0.717) is 17.7 Å². The lowest BCUT2D eigenvalue weighted by molar-refractivity contribution is -0.162. The molecule has 2 heterocycles. The first-order valence-corrected chi connectivity index (χ1v) is 9.98. The molecule has 1 aromatic carbocycles. The number of benzene rings is 1. The van der Waals surface area contributed by atoms with Gasteiger partial charge in [0.05, 0.1) is 17.5 Å². The minimum atomic E-state index is -1.66. The molecule has 0 unspecified atom stereocenters. The molecule has 3 rings (SSSR count). The first kappa shape index (κ1) is 22.4. The molecule has 0 spiro atoms. The second-order valence-electron chi connectivity index (χ2n) is 8.49. The topological polar surface area (TPSA) is 133 Å². The van der Waals surface area contributed by atoms with Crippen molar-refractivity contribution in [2.24, 2.45) is 0 Å². The van der Waals surface area contributed by atoms with E-state index in [1.165, 1.54) is 12.1 Å². The van der Waals surface area contributed by atoms with Crippen LogP contribution in [0.15, 0.2) is 24.3 Å². The summed E-state index contributed by atoms with van der Waals surface area (Å²) in [4.78, 5) is 62.9. The lowest BCUT2D eigenvalue weighted by atomic mass is 10.1. The van der Waals surface area contributed by atoms with E-state index in [1.807, 2.05) is 0 Å². The van der Waals surface area contributed by atoms with Crippen molar-refractivity contribution in [2.45, 2.75) is 57.7 Å². The number of aliphatic carboxylic acids is 1. The second-order valence-corrected chi connectivity index (χ2v) is 8.49. The second kappa shape index (κ2) is 8.46. The molecular formula is C21H25N3O7. The number of fused-ring (bicyclic) bond motifs is 1. The van der Waals surface area contributed by atoms with Crippen molar-refractivity contribution in [2.75, 3.05) is 6.54 Å². The van der Waals surface area contributed by atoms with Crippen LogP contribution in [0, 0.1) is 0 Å². The minimum Gasteiger partial charge on any atom is -0.480 e. The molecular weight excluding hydrogens is 406 g/mol. The monoisotopic (exact) mass is 431 g/mol. The minimum absolute atomic E-state index is 0.104. The maximum absolute atomic E-state index is 12.8. The van der Waals surface area contributed by atoms with Crippen LogP contribution in [0.2, 0.25) is 0 Å². The first-order chi connectivity index (χ1) is 14.5. The molecule has 31 heavy (non-hydrogen) atoms. The number of imide groups is 1. The van der Waals surface area contributed by atoms with Crippen LogP contribution < -0.4 is 5.43 Å². The maximum Gasteiger partial charge on any atom is 0.327 e. The lowest BCUT2D eigenvalue weighted by Gasteiger charge is -2.35. The molecule has 3 amide bonds. The molecule has 10 nitrogen and oxygen atoms in total. The fourth-order valence-electron chi connectivity index (χ4n) is 3.57. The van der Waals surface area contributed by atoms with Gasteiger partial charge in [-0.05, 0) is 45.7 Å². The number of carboxylic acid groups (broad SMARTS) is 1. The summed E-state index contributed by atoms with van der Waals surface area (Å²) in [6, 6.07) is 3.61. The van der Waals surface area contributed by atoms with Crippen molar-refractivity contribution in [1.29, 1.82) is 0 Å². The molecule has 2 N–H and O–H groups in total. The van der Waals surface area contributed by atoms with Gasteiger partial charge in [-0.25, -0.2) is 10.2 Å². The average molecular weight is 431 g/mol. The van der Waals surface area contributed by atoms with E-state index < -0.39 is 53.8 Å². The van der Waals surface area contributed by atoms with Crippen LogP contribution in [0.4, 0.5) is 0 Å². The Kier molecular flexibility index (Phi) is 6.12. The highest BCUT2D eigenvalue weighted by Gasteiger charge is 2.44. The zero-order valence-corrected chi connectivity index (χ0v) is 17.6. The van der Waals surface area contributed by atoms with Crippen LogP contribution in [0.1, 0.15) is 60.7 Å². The van der Waals surface area contributed by atoms with Gasteiger partial charge in [0.25, 0.3) is 11.8 Å². The molecule has 1 aromatic rings. The number of esters is 1. The van der Waals surface area contributed by atoms with Gasteiger partial charge in [0.1, 0.15) is 17.7 Å². The molecule has 2 aliphatic heterocycles. The molecule has 166 valence electrons. The Bertz CT molecular complexity index is 902. The van der Waals surface area contributed by atoms with Gasteiger partial charge in [0.2, 0.25) is 5.91 Å². The first-order valence-electron chi connectivity index (χ1n) is 9.98.